The summed E-state index contributed by atoms with van der Waals surface area (Å²) < 4.78 is 0. The number of hydrogen-bond donors (Lipinski definition) is 3. The molecule has 0 heterocycles. The van der Waals surface area contributed by atoms with E-state index in [-0.39, 0.29) is 5.66 Å². The van der Waals surface area contributed by atoms with Crippen molar-refractivity contribution in [3.63, 3.8) is 0 Å². The smallest absolute Gasteiger partial charge is 0.214 e. The normalized spacial score (nSPS) is 14.4. The van der Waals surface area contributed by atoms with Crippen LogP contribution in [0.2, 0.25) is 0 Å². The average molecular weight is 370 g/mol. The molecule has 0 spiro atoms. The minimum Gasteiger partial charge on any atom is -0.363 e. The van der Waals surface area contributed by atoms with Gasteiger partial charge in [0.25, 0.3) is 0 Å². The summed E-state index contributed by atoms with van der Waals surface area (Å²) in [6.45, 7) is 2.25. The molecule has 1 rings (SSSR count). The molecule has 3 N–H and O–H groups in total. The molecule has 0 fully saturated rings. The number of rotatable bonds is 15. The lowest BCUT2D eigenvalue weighted by molar-refractivity contribution is -0.0900. The molecule has 25 heavy (non-hydrogen) atoms. The Bertz CT molecular complexity index is 411. The highest BCUT2D eigenvalue weighted by Crippen LogP contribution is 2.42. The third-order valence-electron chi connectivity index (χ3n) is 4.83. The van der Waals surface area contributed by atoms with Crippen molar-refractivity contribution in [1.29, 1.82) is 0 Å². The zero-order valence-corrected chi connectivity index (χ0v) is 17.0. The Balaban J connectivity index is 2.22. The van der Waals surface area contributed by atoms with Gasteiger partial charge in [0.2, 0.25) is 12.1 Å². The summed E-state index contributed by atoms with van der Waals surface area (Å²) in [6.07, 6.45) is 12.6. The Kier molecular flexibility index (Phi) is 13.2. The molecular formula is C21H38O3P+. The fraction of sp³-hybridized carbons (Fsp3) is 0.714. The maximum absolute atomic E-state index is 9.86. The van der Waals surface area contributed by atoms with Gasteiger partial charge in [0.05, 0.1) is 5.66 Å². The highest BCUT2D eigenvalue weighted by molar-refractivity contribution is 7.39. The number of unbranched alkanes of at least 4 members (excludes halogenated alkanes) is 9. The monoisotopic (exact) mass is 369 g/mol. The Morgan fingerprint density at radius 3 is 1.80 bits per heavy atom. The molecule has 3 atom stereocenters. The van der Waals surface area contributed by atoms with Crippen molar-refractivity contribution in [2.24, 2.45) is 0 Å². The number of aliphatic hydroxyl groups is 3. The van der Waals surface area contributed by atoms with Crippen LogP contribution in [0.5, 0.6) is 0 Å². The molecule has 0 aromatic heterocycles. The minimum absolute atomic E-state index is 0.270. The largest absolute Gasteiger partial charge is 0.363 e. The summed E-state index contributed by atoms with van der Waals surface area (Å²) >= 11 is 0. The van der Waals surface area contributed by atoms with Crippen LogP contribution in [0.4, 0.5) is 0 Å². The van der Waals surface area contributed by atoms with Crippen molar-refractivity contribution in [3.8, 4) is 0 Å². The summed E-state index contributed by atoms with van der Waals surface area (Å²) in [5, 5.41) is 28.2. The second kappa shape index (κ2) is 14.7. The SMILES string of the molecule is CCCCCCCCCCCCC([PH2+]C(O)C(O)O)c1ccccc1. The van der Waals surface area contributed by atoms with Gasteiger partial charge in [0.15, 0.2) is 0 Å². The Hall–Kier alpha value is -0.470. The zero-order chi connectivity index (χ0) is 18.3. The van der Waals surface area contributed by atoms with Crippen molar-refractivity contribution in [3.05, 3.63) is 35.9 Å². The van der Waals surface area contributed by atoms with Crippen molar-refractivity contribution >= 4 is 8.58 Å². The van der Waals surface area contributed by atoms with Gasteiger partial charge in [-0.3, -0.25) is 0 Å². The van der Waals surface area contributed by atoms with Gasteiger partial charge in [-0.25, -0.2) is 0 Å². The summed E-state index contributed by atoms with van der Waals surface area (Å²) in [5.74, 6) is -0.992. The van der Waals surface area contributed by atoms with Crippen LogP contribution in [0, 0.1) is 0 Å². The van der Waals surface area contributed by atoms with Crippen LogP contribution in [0.15, 0.2) is 30.3 Å². The maximum atomic E-state index is 9.86. The van der Waals surface area contributed by atoms with E-state index in [0.29, 0.717) is 0 Å². The van der Waals surface area contributed by atoms with Crippen molar-refractivity contribution in [2.75, 3.05) is 0 Å². The predicted molar refractivity (Wildman–Crippen MR) is 110 cm³/mol. The van der Waals surface area contributed by atoms with Crippen molar-refractivity contribution in [2.45, 2.75) is 95.3 Å². The second-order valence-electron chi connectivity index (χ2n) is 7.08. The van der Waals surface area contributed by atoms with Gasteiger partial charge < -0.3 is 15.3 Å². The molecule has 1 aromatic carbocycles. The molecule has 3 unspecified atom stereocenters. The van der Waals surface area contributed by atoms with Crippen LogP contribution in [-0.4, -0.2) is 27.5 Å². The molecule has 3 nitrogen and oxygen atoms in total. The van der Waals surface area contributed by atoms with E-state index in [1.54, 1.807) is 0 Å². The first-order valence-electron chi connectivity index (χ1n) is 10.1. The van der Waals surface area contributed by atoms with E-state index in [1.165, 1.54) is 63.4 Å². The van der Waals surface area contributed by atoms with Crippen molar-refractivity contribution in [1.82, 2.24) is 0 Å². The molecule has 0 saturated heterocycles. The lowest BCUT2D eigenvalue weighted by Crippen LogP contribution is -2.21. The average Bonchev–Trinajstić information content (AvgIpc) is 2.62. The van der Waals surface area contributed by atoms with E-state index in [2.05, 4.69) is 19.1 Å². The van der Waals surface area contributed by atoms with E-state index in [9.17, 15) is 15.3 Å². The van der Waals surface area contributed by atoms with Gasteiger partial charge in [-0.1, -0.05) is 95.0 Å². The number of aliphatic hydroxyl groups excluding tert-OH is 2. The summed E-state index contributed by atoms with van der Waals surface area (Å²) in [4.78, 5) is 0. The quantitative estimate of drug-likeness (QED) is 0.230. The third kappa shape index (κ3) is 11.0. The van der Waals surface area contributed by atoms with Crippen LogP contribution in [0.25, 0.3) is 0 Å². The third-order valence-corrected chi connectivity index (χ3v) is 6.75. The van der Waals surface area contributed by atoms with Crippen molar-refractivity contribution < 1.29 is 15.3 Å². The van der Waals surface area contributed by atoms with Gasteiger partial charge in [0, 0.05) is 8.58 Å². The lowest BCUT2D eigenvalue weighted by atomic mass is 10.0. The standard InChI is InChI=1S/C21H37O3P/c1-2-3-4-5-6-7-8-9-10-14-17-19(25-21(24)20(22)23)18-15-12-11-13-16-18/h11-13,15-16,19-25H,2-10,14,17H2,1H3/p+1. The first-order valence-corrected chi connectivity index (χ1v) is 11.4. The highest BCUT2D eigenvalue weighted by atomic mass is 31.1. The van der Waals surface area contributed by atoms with Crippen LogP contribution in [0.3, 0.4) is 0 Å². The van der Waals surface area contributed by atoms with Crippen LogP contribution >= 0.6 is 8.58 Å². The highest BCUT2D eigenvalue weighted by Gasteiger charge is 2.26. The maximum Gasteiger partial charge on any atom is 0.214 e. The lowest BCUT2D eigenvalue weighted by Gasteiger charge is -2.16. The first kappa shape index (κ1) is 22.6. The summed E-state index contributed by atoms with van der Waals surface area (Å²) in [5.41, 5.74) is 1.49. The minimum atomic E-state index is -1.62. The molecule has 0 saturated carbocycles. The van der Waals surface area contributed by atoms with Gasteiger partial charge in [-0.2, -0.15) is 0 Å². The molecule has 1 aromatic rings. The van der Waals surface area contributed by atoms with Crippen LogP contribution in [0.1, 0.15) is 88.8 Å². The van der Waals surface area contributed by atoms with Gasteiger partial charge in [-0.05, 0) is 18.4 Å². The van der Waals surface area contributed by atoms with Crippen LogP contribution in [-0.2, 0) is 0 Å². The molecular weight excluding hydrogens is 331 g/mol. The van der Waals surface area contributed by atoms with E-state index < -0.39 is 20.7 Å². The molecule has 4 heteroatoms. The molecule has 0 radical (unpaired) electrons. The fourth-order valence-electron chi connectivity index (χ4n) is 3.26. The van der Waals surface area contributed by atoms with E-state index in [1.807, 2.05) is 18.2 Å². The van der Waals surface area contributed by atoms with Gasteiger partial charge >= 0.3 is 0 Å². The number of benzene rings is 1. The molecule has 0 amide bonds. The van der Waals surface area contributed by atoms with E-state index >= 15 is 0 Å². The molecule has 0 aliphatic heterocycles. The Labute approximate surface area is 155 Å². The van der Waals surface area contributed by atoms with Crippen LogP contribution < -0.4 is 0 Å². The van der Waals surface area contributed by atoms with E-state index in [0.717, 1.165) is 12.8 Å². The second-order valence-corrected chi connectivity index (χ2v) is 8.96. The molecule has 0 bridgehead atoms. The Morgan fingerprint density at radius 2 is 1.28 bits per heavy atom. The number of hydrogen-bond acceptors (Lipinski definition) is 3. The summed E-state index contributed by atoms with van der Waals surface area (Å²) in [6, 6.07) is 10.2. The van der Waals surface area contributed by atoms with Gasteiger partial charge in [0.1, 0.15) is 0 Å². The molecule has 0 aliphatic carbocycles. The van der Waals surface area contributed by atoms with Gasteiger partial charge in [-0.15, -0.1) is 0 Å². The predicted octanol–water partition coefficient (Wildman–Crippen LogP) is 5.08. The van der Waals surface area contributed by atoms with E-state index in [4.69, 9.17) is 0 Å². The summed E-state index contributed by atoms with van der Waals surface area (Å²) in [7, 11) is -0.437. The Morgan fingerprint density at radius 1 is 0.760 bits per heavy atom. The molecule has 144 valence electrons. The first-order chi connectivity index (χ1) is 12.1. The zero-order valence-electron chi connectivity index (χ0n) is 15.8. The molecule has 0 aliphatic rings. The topological polar surface area (TPSA) is 60.7 Å². The fourth-order valence-corrected chi connectivity index (χ4v) is 4.81.